The van der Waals surface area contributed by atoms with Gasteiger partial charge in [0.1, 0.15) is 11.2 Å². The molecule has 0 bridgehead atoms. The Hall–Kier alpha value is -2.15. The summed E-state index contributed by atoms with van der Waals surface area (Å²) in [4.78, 5) is 27.9. The Kier molecular flexibility index (Phi) is 7.44. The lowest BCUT2D eigenvalue weighted by Crippen LogP contribution is -2.60. The third-order valence-corrected chi connectivity index (χ3v) is 8.52. The lowest BCUT2D eigenvalue weighted by atomic mass is 9.55. The molecule has 0 aromatic heterocycles. The van der Waals surface area contributed by atoms with Gasteiger partial charge in [-0.25, -0.2) is 4.39 Å². The summed E-state index contributed by atoms with van der Waals surface area (Å²) >= 11 is 12.5. The van der Waals surface area contributed by atoms with Gasteiger partial charge in [-0.15, -0.1) is 0 Å². The van der Waals surface area contributed by atoms with Crippen LogP contribution in [0.15, 0.2) is 36.4 Å². The molecule has 1 saturated heterocycles. The average Bonchev–Trinajstić information content (AvgIpc) is 3.27. The quantitative estimate of drug-likeness (QED) is 0.438. The van der Waals surface area contributed by atoms with E-state index in [9.17, 15) is 9.59 Å². The Balaban J connectivity index is 0.00000304. The van der Waals surface area contributed by atoms with Gasteiger partial charge in [-0.2, -0.15) is 0 Å². The first kappa shape index (κ1) is 26.9. The van der Waals surface area contributed by atoms with Crippen LogP contribution in [0.3, 0.4) is 0 Å². The van der Waals surface area contributed by atoms with Crippen LogP contribution in [0.5, 0.6) is 0 Å². The van der Waals surface area contributed by atoms with Crippen LogP contribution in [0.1, 0.15) is 70.4 Å². The molecule has 0 radical (unpaired) electrons. The molecular weight excluding hydrogens is 500 g/mol. The SMILES string of the molecule is C.CC(C)CNC(=O)[C@@H]1NC2(CCCCC2)[C@@]2(C(=O)Nc3cc(Cl)ccc32)[C@H]1c1cccc(Cl)c1F. The molecular formula is C28H34Cl2FN3O2. The fourth-order valence-electron chi connectivity index (χ4n) is 6.63. The fraction of sp³-hybridized carbons (Fsp3) is 0.500. The second-order valence-corrected chi connectivity index (χ2v) is 11.3. The van der Waals surface area contributed by atoms with E-state index in [1.54, 1.807) is 24.3 Å². The van der Waals surface area contributed by atoms with Gasteiger partial charge in [0.15, 0.2) is 0 Å². The van der Waals surface area contributed by atoms with Gasteiger partial charge in [-0.05, 0) is 48.1 Å². The molecule has 5 rings (SSSR count). The zero-order valence-corrected chi connectivity index (χ0v) is 21.4. The minimum atomic E-state index is -1.20. The molecule has 2 aromatic rings. The molecule has 2 amide bonds. The number of hydrogen-bond donors (Lipinski definition) is 3. The summed E-state index contributed by atoms with van der Waals surface area (Å²) in [6.07, 6.45) is 4.28. The number of carbonyl (C=O) groups is 2. The van der Waals surface area contributed by atoms with Gasteiger partial charge in [0.25, 0.3) is 0 Å². The van der Waals surface area contributed by atoms with Crippen LogP contribution in [0.4, 0.5) is 10.1 Å². The standard InChI is InChI=1S/C27H30Cl2FN3O2.CH4/c1-15(2)14-31-24(34)23-21(17-7-6-8-19(29)22(17)30)27(26(33-23)11-4-3-5-12-26)18-10-9-16(28)13-20(18)32-25(27)35;/h6-10,13,15,21,23,33H,3-5,11-12,14H2,1-2H3,(H,31,34)(H,32,35);1H4/t21-,23+,27+;/m0./s1. The van der Waals surface area contributed by atoms with Crippen LogP contribution in [0, 0.1) is 11.7 Å². The minimum Gasteiger partial charge on any atom is -0.354 e. The molecule has 2 aliphatic heterocycles. The third-order valence-electron chi connectivity index (χ3n) is 7.99. The summed E-state index contributed by atoms with van der Waals surface area (Å²) < 4.78 is 15.7. The van der Waals surface area contributed by atoms with Crippen molar-refractivity contribution in [1.82, 2.24) is 10.6 Å². The summed E-state index contributed by atoms with van der Waals surface area (Å²) in [5, 5.41) is 10.2. The predicted octanol–water partition coefficient (Wildman–Crippen LogP) is 6.19. The van der Waals surface area contributed by atoms with E-state index < -0.39 is 28.7 Å². The van der Waals surface area contributed by atoms with Crippen LogP contribution in [-0.2, 0) is 15.0 Å². The molecule has 5 nitrogen and oxygen atoms in total. The lowest BCUT2D eigenvalue weighted by molar-refractivity contribution is -0.124. The van der Waals surface area contributed by atoms with E-state index in [1.807, 2.05) is 19.9 Å². The van der Waals surface area contributed by atoms with Crippen molar-refractivity contribution in [2.24, 2.45) is 5.92 Å². The van der Waals surface area contributed by atoms with Gasteiger partial charge in [0.2, 0.25) is 11.8 Å². The number of carbonyl (C=O) groups excluding carboxylic acids is 2. The van der Waals surface area contributed by atoms with Crippen molar-refractivity contribution >= 4 is 40.7 Å². The van der Waals surface area contributed by atoms with E-state index in [0.29, 0.717) is 30.1 Å². The van der Waals surface area contributed by atoms with Crippen molar-refractivity contribution in [3.63, 3.8) is 0 Å². The summed E-state index contributed by atoms with van der Waals surface area (Å²) in [7, 11) is 0. The Bertz CT molecular complexity index is 1180. The molecule has 2 aromatic carbocycles. The number of benzene rings is 2. The van der Waals surface area contributed by atoms with Crippen LogP contribution < -0.4 is 16.0 Å². The zero-order chi connectivity index (χ0) is 25.0. The van der Waals surface area contributed by atoms with Crippen LogP contribution >= 0.6 is 23.2 Å². The van der Waals surface area contributed by atoms with Gasteiger partial charge >= 0.3 is 0 Å². The molecule has 194 valence electrons. The van der Waals surface area contributed by atoms with E-state index in [-0.39, 0.29) is 35.7 Å². The molecule has 0 unspecified atom stereocenters. The molecule has 3 N–H and O–H groups in total. The second kappa shape index (κ2) is 9.96. The van der Waals surface area contributed by atoms with E-state index in [0.717, 1.165) is 24.8 Å². The van der Waals surface area contributed by atoms with Gasteiger partial charge < -0.3 is 10.6 Å². The number of rotatable bonds is 4. The van der Waals surface area contributed by atoms with E-state index in [2.05, 4.69) is 16.0 Å². The number of anilines is 1. The predicted molar refractivity (Wildman–Crippen MR) is 143 cm³/mol. The molecule has 36 heavy (non-hydrogen) atoms. The lowest BCUT2D eigenvalue weighted by Gasteiger charge is -2.47. The Morgan fingerprint density at radius 3 is 2.58 bits per heavy atom. The molecule has 2 fully saturated rings. The van der Waals surface area contributed by atoms with Crippen molar-refractivity contribution in [2.45, 2.75) is 76.3 Å². The maximum atomic E-state index is 15.7. The molecule has 8 heteroatoms. The van der Waals surface area contributed by atoms with Crippen LogP contribution in [0.25, 0.3) is 0 Å². The molecule has 1 saturated carbocycles. The topological polar surface area (TPSA) is 70.2 Å². The molecule has 2 heterocycles. The number of fused-ring (bicyclic) bond motifs is 3. The normalized spacial score (nSPS) is 26.1. The van der Waals surface area contributed by atoms with Crippen molar-refractivity contribution in [3.05, 3.63) is 63.4 Å². The first-order valence-corrected chi connectivity index (χ1v) is 13.1. The highest BCUT2D eigenvalue weighted by molar-refractivity contribution is 6.31. The van der Waals surface area contributed by atoms with Crippen molar-refractivity contribution in [3.8, 4) is 0 Å². The van der Waals surface area contributed by atoms with Crippen molar-refractivity contribution < 1.29 is 14.0 Å². The van der Waals surface area contributed by atoms with Crippen molar-refractivity contribution in [1.29, 1.82) is 0 Å². The van der Waals surface area contributed by atoms with E-state index >= 15 is 4.39 Å². The third kappa shape index (κ3) is 3.93. The minimum absolute atomic E-state index is 0. The number of amides is 2. The highest BCUT2D eigenvalue weighted by atomic mass is 35.5. The molecule has 3 aliphatic rings. The molecule has 1 aliphatic carbocycles. The van der Waals surface area contributed by atoms with Crippen molar-refractivity contribution in [2.75, 3.05) is 11.9 Å². The van der Waals surface area contributed by atoms with Gasteiger partial charge in [0.05, 0.1) is 11.1 Å². The summed E-state index contributed by atoms with van der Waals surface area (Å²) in [5.41, 5.74) is -0.267. The first-order valence-electron chi connectivity index (χ1n) is 12.3. The Morgan fingerprint density at radius 1 is 1.17 bits per heavy atom. The highest BCUT2D eigenvalue weighted by Crippen LogP contribution is 2.62. The van der Waals surface area contributed by atoms with Gasteiger partial charge in [-0.1, -0.05) is 81.9 Å². The maximum absolute atomic E-state index is 15.7. The number of hydrogen-bond acceptors (Lipinski definition) is 3. The fourth-order valence-corrected chi connectivity index (χ4v) is 6.99. The number of nitrogens with one attached hydrogen (secondary N) is 3. The smallest absolute Gasteiger partial charge is 0.237 e. The average molecular weight is 535 g/mol. The molecule has 2 spiro atoms. The highest BCUT2D eigenvalue weighted by Gasteiger charge is 2.72. The Morgan fingerprint density at radius 2 is 1.89 bits per heavy atom. The number of halogens is 3. The first-order chi connectivity index (χ1) is 16.7. The summed E-state index contributed by atoms with van der Waals surface area (Å²) in [6, 6.07) is 9.36. The zero-order valence-electron chi connectivity index (χ0n) is 19.9. The summed E-state index contributed by atoms with van der Waals surface area (Å²) in [5.74, 6) is -1.61. The van der Waals surface area contributed by atoms with Gasteiger partial charge in [-0.3, -0.25) is 14.9 Å². The molecule has 3 atom stereocenters. The van der Waals surface area contributed by atoms with E-state index in [1.165, 1.54) is 6.07 Å². The summed E-state index contributed by atoms with van der Waals surface area (Å²) in [6.45, 7) is 4.52. The maximum Gasteiger partial charge on any atom is 0.237 e. The Labute approximate surface area is 222 Å². The van der Waals surface area contributed by atoms with Crippen LogP contribution in [0.2, 0.25) is 10.0 Å². The largest absolute Gasteiger partial charge is 0.354 e. The van der Waals surface area contributed by atoms with E-state index in [4.69, 9.17) is 23.2 Å². The monoisotopic (exact) mass is 533 g/mol. The van der Waals surface area contributed by atoms with Gasteiger partial charge in [0, 0.05) is 28.7 Å². The second-order valence-electron chi connectivity index (χ2n) is 10.5. The van der Waals surface area contributed by atoms with Crippen LogP contribution in [-0.4, -0.2) is 29.9 Å².